The summed E-state index contributed by atoms with van der Waals surface area (Å²) in [5, 5.41) is 0. The first-order valence-corrected chi connectivity index (χ1v) is 5.89. The topological polar surface area (TPSA) is 0 Å². The lowest BCUT2D eigenvalue weighted by atomic mass is 9.61. The second kappa shape index (κ2) is 2.52. The van der Waals surface area contributed by atoms with E-state index in [4.69, 9.17) is 0 Å². The summed E-state index contributed by atoms with van der Waals surface area (Å²) in [6.07, 6.45) is 0. The van der Waals surface area contributed by atoms with E-state index in [-0.39, 0.29) is 0 Å². The van der Waals surface area contributed by atoms with Gasteiger partial charge >= 0.3 is 0 Å². The number of hydrogen-bond donors (Lipinski definition) is 0. The van der Waals surface area contributed by atoms with E-state index in [0.717, 1.165) is 35.5 Å². The van der Waals surface area contributed by atoms with E-state index in [9.17, 15) is 0 Å². The van der Waals surface area contributed by atoms with Crippen molar-refractivity contribution in [3.8, 4) is 0 Å². The van der Waals surface area contributed by atoms with Crippen LogP contribution in [0, 0.1) is 40.9 Å². The van der Waals surface area contributed by atoms with Crippen molar-refractivity contribution in [2.75, 3.05) is 0 Å². The zero-order valence-electron chi connectivity index (χ0n) is 9.96. The lowest BCUT2D eigenvalue weighted by Crippen LogP contribution is -2.38. The predicted molar refractivity (Wildman–Crippen MR) is 57.4 cm³/mol. The van der Waals surface area contributed by atoms with Crippen LogP contribution in [0.25, 0.3) is 0 Å². The van der Waals surface area contributed by atoms with Gasteiger partial charge in [0.2, 0.25) is 0 Å². The third kappa shape index (κ3) is 1.04. The van der Waals surface area contributed by atoms with E-state index in [1.54, 1.807) is 0 Å². The smallest absolute Gasteiger partial charge is 0.0292 e. The molecule has 13 heavy (non-hydrogen) atoms. The third-order valence-electron chi connectivity index (χ3n) is 5.71. The van der Waals surface area contributed by atoms with Crippen LogP contribution in [0.2, 0.25) is 0 Å². The number of fused-ring (bicyclic) bond motifs is 1. The maximum atomic E-state index is 2.49. The van der Waals surface area contributed by atoms with Crippen LogP contribution in [0.3, 0.4) is 0 Å². The second-order valence-corrected chi connectivity index (χ2v) is 6.29. The van der Waals surface area contributed by atoms with Crippen LogP contribution in [-0.4, -0.2) is 0 Å². The molecule has 0 aromatic rings. The SMILES string of the molecule is CC1C(C)C(C)C(C)(C)C2C(C)C12. The van der Waals surface area contributed by atoms with Gasteiger partial charge in [0.25, 0.3) is 0 Å². The third-order valence-corrected chi connectivity index (χ3v) is 5.71. The van der Waals surface area contributed by atoms with Crippen molar-refractivity contribution < 1.29 is 0 Å². The maximum absolute atomic E-state index is 2.49. The lowest BCUT2D eigenvalue weighted by Gasteiger charge is -2.44. The quantitative estimate of drug-likeness (QED) is 0.531. The van der Waals surface area contributed by atoms with Crippen LogP contribution in [0.4, 0.5) is 0 Å². The minimum Gasteiger partial charge on any atom is -0.0620 e. The van der Waals surface area contributed by atoms with E-state index in [0.29, 0.717) is 5.41 Å². The van der Waals surface area contributed by atoms with Gasteiger partial charge in [-0.25, -0.2) is 0 Å². The Labute approximate surface area is 83.1 Å². The molecule has 0 heterocycles. The molecule has 2 fully saturated rings. The van der Waals surface area contributed by atoms with Gasteiger partial charge in [-0.1, -0.05) is 41.5 Å². The molecule has 6 atom stereocenters. The Balaban J connectivity index is 2.27. The maximum Gasteiger partial charge on any atom is -0.0292 e. The average molecular weight is 180 g/mol. The predicted octanol–water partition coefficient (Wildman–Crippen LogP) is 3.82. The molecule has 0 radical (unpaired) electrons. The van der Waals surface area contributed by atoms with E-state index in [2.05, 4.69) is 41.5 Å². The molecule has 2 rings (SSSR count). The molecule has 0 heteroatoms. The Morgan fingerprint density at radius 1 is 0.769 bits per heavy atom. The Bertz CT molecular complexity index is 206. The van der Waals surface area contributed by atoms with Crippen molar-refractivity contribution in [1.82, 2.24) is 0 Å². The van der Waals surface area contributed by atoms with Crippen LogP contribution in [0.5, 0.6) is 0 Å². The number of hydrogen-bond acceptors (Lipinski definition) is 0. The molecule has 2 aliphatic rings. The molecule has 0 amide bonds. The first-order valence-electron chi connectivity index (χ1n) is 5.89. The molecule has 0 spiro atoms. The van der Waals surface area contributed by atoms with Gasteiger partial charge in [-0.15, -0.1) is 0 Å². The fourth-order valence-corrected chi connectivity index (χ4v) is 4.26. The fourth-order valence-electron chi connectivity index (χ4n) is 4.26. The average Bonchev–Trinajstić information content (AvgIpc) is 2.72. The highest BCUT2D eigenvalue weighted by molar-refractivity contribution is 5.10. The normalized spacial score (nSPS) is 58.6. The molecule has 2 aliphatic carbocycles. The minimum atomic E-state index is 0.593. The van der Waals surface area contributed by atoms with Gasteiger partial charge in [-0.05, 0) is 40.9 Å². The molecule has 0 N–H and O–H groups in total. The highest BCUT2D eigenvalue weighted by atomic mass is 14.7. The van der Waals surface area contributed by atoms with Crippen LogP contribution in [0.1, 0.15) is 41.5 Å². The van der Waals surface area contributed by atoms with Gasteiger partial charge in [-0.3, -0.25) is 0 Å². The highest BCUT2D eigenvalue weighted by Crippen LogP contribution is 2.68. The van der Waals surface area contributed by atoms with E-state index in [1.807, 2.05) is 0 Å². The Morgan fingerprint density at radius 2 is 1.31 bits per heavy atom. The van der Waals surface area contributed by atoms with Gasteiger partial charge in [0.15, 0.2) is 0 Å². The summed E-state index contributed by atoms with van der Waals surface area (Å²) >= 11 is 0. The van der Waals surface area contributed by atoms with Crippen molar-refractivity contribution in [1.29, 1.82) is 0 Å². The molecule has 0 saturated heterocycles. The molecule has 2 saturated carbocycles. The molecule has 0 aromatic heterocycles. The lowest BCUT2D eigenvalue weighted by molar-refractivity contribution is 0.0457. The van der Waals surface area contributed by atoms with Gasteiger partial charge < -0.3 is 0 Å². The first-order chi connectivity index (χ1) is 5.89. The van der Waals surface area contributed by atoms with Crippen molar-refractivity contribution in [3.63, 3.8) is 0 Å². The van der Waals surface area contributed by atoms with E-state index < -0.39 is 0 Å². The zero-order chi connectivity index (χ0) is 9.96. The van der Waals surface area contributed by atoms with Crippen LogP contribution in [0.15, 0.2) is 0 Å². The highest BCUT2D eigenvalue weighted by Gasteiger charge is 2.63. The molecule has 6 unspecified atom stereocenters. The molecular formula is C13H24. The largest absolute Gasteiger partial charge is 0.0620 e. The summed E-state index contributed by atoms with van der Waals surface area (Å²) in [4.78, 5) is 0. The zero-order valence-corrected chi connectivity index (χ0v) is 9.96. The summed E-state index contributed by atoms with van der Waals surface area (Å²) in [7, 11) is 0. The molecular weight excluding hydrogens is 156 g/mol. The summed E-state index contributed by atoms with van der Waals surface area (Å²) in [6.45, 7) is 14.8. The van der Waals surface area contributed by atoms with E-state index >= 15 is 0 Å². The Kier molecular flexibility index (Phi) is 1.85. The van der Waals surface area contributed by atoms with Crippen LogP contribution in [-0.2, 0) is 0 Å². The molecule has 0 aromatic carbocycles. The molecule has 76 valence electrons. The van der Waals surface area contributed by atoms with Crippen molar-refractivity contribution >= 4 is 0 Å². The second-order valence-electron chi connectivity index (χ2n) is 6.29. The summed E-state index contributed by atoms with van der Waals surface area (Å²) in [5.41, 5.74) is 0.593. The van der Waals surface area contributed by atoms with Crippen molar-refractivity contribution in [2.24, 2.45) is 40.9 Å². The summed E-state index contributed by atoms with van der Waals surface area (Å²) < 4.78 is 0. The van der Waals surface area contributed by atoms with Crippen LogP contribution >= 0.6 is 0 Å². The molecule has 0 bridgehead atoms. The van der Waals surface area contributed by atoms with Gasteiger partial charge in [0.1, 0.15) is 0 Å². The fraction of sp³-hybridized carbons (Fsp3) is 1.00. The molecule has 0 nitrogen and oxygen atoms in total. The van der Waals surface area contributed by atoms with E-state index in [1.165, 1.54) is 0 Å². The first kappa shape index (κ1) is 9.55. The summed E-state index contributed by atoms with van der Waals surface area (Å²) in [6, 6.07) is 0. The minimum absolute atomic E-state index is 0.593. The Morgan fingerprint density at radius 3 is 1.85 bits per heavy atom. The van der Waals surface area contributed by atoms with Crippen LogP contribution < -0.4 is 0 Å². The summed E-state index contributed by atoms with van der Waals surface area (Å²) in [5.74, 6) is 5.84. The van der Waals surface area contributed by atoms with Gasteiger partial charge in [0.05, 0.1) is 0 Å². The van der Waals surface area contributed by atoms with Gasteiger partial charge in [-0.2, -0.15) is 0 Å². The van der Waals surface area contributed by atoms with Gasteiger partial charge in [0, 0.05) is 0 Å². The van der Waals surface area contributed by atoms with Crippen molar-refractivity contribution in [2.45, 2.75) is 41.5 Å². The molecule has 0 aliphatic heterocycles. The standard InChI is InChI=1S/C13H24/c1-7-8(2)11-9(3)12(11)13(5,6)10(7)4/h7-12H,1-6H3. The Hall–Kier alpha value is 0. The van der Waals surface area contributed by atoms with Crippen molar-refractivity contribution in [3.05, 3.63) is 0 Å². The number of rotatable bonds is 0. The monoisotopic (exact) mass is 180 g/mol.